The summed E-state index contributed by atoms with van der Waals surface area (Å²) in [5, 5.41) is 22.2. The van der Waals surface area contributed by atoms with Crippen molar-refractivity contribution in [1.82, 2.24) is 5.32 Å². The van der Waals surface area contributed by atoms with Crippen LogP contribution < -0.4 is 5.32 Å². The first-order valence-corrected chi connectivity index (χ1v) is 17.1. The predicted octanol–water partition coefficient (Wildman–Crippen LogP) is 9.71. The third-order valence-electron chi connectivity index (χ3n) is 7.35. The minimum Gasteiger partial charge on any atom is -0.507 e. The number of rotatable bonds is 23. The lowest BCUT2D eigenvalue weighted by atomic mass is 10.0. The maximum atomic E-state index is 14.2. The summed E-state index contributed by atoms with van der Waals surface area (Å²) in [6, 6.07) is 5.46. The highest BCUT2D eigenvalue weighted by atomic mass is 19.1. The minimum absolute atomic E-state index is 0.0159. The molecule has 2 rings (SSSR count). The van der Waals surface area contributed by atoms with Crippen molar-refractivity contribution in [3.05, 3.63) is 127 Å². The number of phenolic OH excluding ortho intramolecular Hbond substituents is 1. The van der Waals surface area contributed by atoms with Crippen LogP contribution in [-0.4, -0.2) is 40.7 Å². The van der Waals surface area contributed by atoms with Gasteiger partial charge in [-0.15, -0.1) is 0 Å². The first-order chi connectivity index (χ1) is 24.2. The number of unbranched alkanes of at least 4 members (excludes halogenated alkanes) is 1. The van der Waals surface area contributed by atoms with Crippen LogP contribution in [0.5, 0.6) is 5.75 Å². The van der Waals surface area contributed by atoms with Crippen LogP contribution in [0.15, 0.2) is 109 Å². The van der Waals surface area contributed by atoms with Crippen molar-refractivity contribution < 1.29 is 38.1 Å². The molecule has 268 valence electrons. The van der Waals surface area contributed by atoms with Crippen LogP contribution in [0, 0.1) is 11.6 Å². The average Bonchev–Trinajstić information content (AvgIpc) is 3.08. The average molecular weight is 690 g/mol. The van der Waals surface area contributed by atoms with Gasteiger partial charge in [-0.05, 0) is 94.0 Å². The lowest BCUT2D eigenvalue weighted by Crippen LogP contribution is -2.40. The summed E-state index contributed by atoms with van der Waals surface area (Å²) < 4.78 is 32.8. The maximum Gasteiger partial charge on any atom is 0.326 e. The van der Waals surface area contributed by atoms with Gasteiger partial charge in [0.2, 0.25) is 0 Å². The topological polar surface area (TPSA) is 113 Å². The number of hydrogen-bond donors (Lipinski definition) is 3. The van der Waals surface area contributed by atoms with Gasteiger partial charge in [0, 0.05) is 18.1 Å². The maximum absolute atomic E-state index is 14.2. The molecule has 3 N–H and O–H groups in total. The highest BCUT2D eigenvalue weighted by molar-refractivity contribution is 6.00. The molecule has 0 fully saturated rings. The van der Waals surface area contributed by atoms with E-state index in [1.165, 1.54) is 24.3 Å². The molecule has 0 saturated heterocycles. The molecule has 0 aliphatic heterocycles. The van der Waals surface area contributed by atoms with Crippen LogP contribution in [0.25, 0.3) is 11.1 Å². The summed E-state index contributed by atoms with van der Waals surface area (Å²) in [5.41, 5.74) is -0.0274. The molecule has 1 atom stereocenters. The van der Waals surface area contributed by atoms with Gasteiger partial charge in [-0.25, -0.2) is 13.6 Å². The molecule has 0 spiro atoms. The summed E-state index contributed by atoms with van der Waals surface area (Å²) in [7, 11) is 0. The summed E-state index contributed by atoms with van der Waals surface area (Å²) in [4.78, 5) is 36.6. The quantitative estimate of drug-likeness (QED) is 0.0609. The molecule has 0 radical (unpaired) electrons. The van der Waals surface area contributed by atoms with Gasteiger partial charge in [0.05, 0.1) is 12.2 Å². The Hall–Kier alpha value is -5.05. The van der Waals surface area contributed by atoms with E-state index in [1.54, 1.807) is 0 Å². The first kappa shape index (κ1) is 41.1. The zero-order chi connectivity index (χ0) is 36.4. The number of benzene rings is 2. The molecule has 0 aromatic heterocycles. The Balaban J connectivity index is 1.60. The Bertz CT molecular complexity index is 1540. The number of allylic oxidation sites excluding steroid dienone is 12. The van der Waals surface area contributed by atoms with Crippen molar-refractivity contribution >= 4 is 17.8 Å². The molecule has 0 bridgehead atoms. The van der Waals surface area contributed by atoms with E-state index in [9.17, 15) is 33.4 Å². The standard InChI is InChI=1S/C41H49F2NO6/c1-2-3-4-5-6-7-8-9-10-11-12-13-14-15-16-17-18-19-20-24-39(46)50-29-22-21-23-37(41(48)49)44-40(47)35-30-32(25-28-38(35)45)34-27-26-33(42)31-36(34)43/h3-4,6-7,9-10,12-13,15-16,18-19,25-28,30-31,37,45H,2,5,8,11,14,17,20-24,29H2,1H3,(H,44,47)(H,48,49)/b4-3-,7-6-,10-9-,13-12-,16-15-,19-18-. The van der Waals surface area contributed by atoms with Gasteiger partial charge in [0.15, 0.2) is 0 Å². The zero-order valence-electron chi connectivity index (χ0n) is 28.7. The predicted molar refractivity (Wildman–Crippen MR) is 195 cm³/mol. The number of aliphatic carboxylic acids is 1. The van der Waals surface area contributed by atoms with Gasteiger partial charge in [-0.2, -0.15) is 0 Å². The Morgan fingerprint density at radius 3 is 1.92 bits per heavy atom. The second kappa shape index (κ2) is 25.0. The number of phenols is 1. The third-order valence-corrected chi connectivity index (χ3v) is 7.35. The van der Waals surface area contributed by atoms with Crippen molar-refractivity contribution in [2.75, 3.05) is 6.61 Å². The monoisotopic (exact) mass is 689 g/mol. The number of hydrogen-bond acceptors (Lipinski definition) is 5. The van der Waals surface area contributed by atoms with Gasteiger partial charge in [0.25, 0.3) is 5.91 Å². The van der Waals surface area contributed by atoms with E-state index < -0.39 is 35.3 Å². The summed E-state index contributed by atoms with van der Waals surface area (Å²) in [6.07, 6.45) is 32.6. The number of amides is 1. The SMILES string of the molecule is CC/C=C\C/C=C\C/C=C\C/C=C\C/C=C\C/C=C\CCC(=O)OCCCCC(NC(=O)c1cc(-c2ccc(F)cc2F)ccc1O)C(=O)O. The van der Waals surface area contributed by atoms with Gasteiger partial charge in [0.1, 0.15) is 23.4 Å². The number of nitrogens with one attached hydrogen (secondary N) is 1. The minimum atomic E-state index is -1.27. The second-order valence-electron chi connectivity index (χ2n) is 11.4. The van der Waals surface area contributed by atoms with Crippen LogP contribution in [0.2, 0.25) is 0 Å². The second-order valence-corrected chi connectivity index (χ2v) is 11.4. The van der Waals surface area contributed by atoms with E-state index in [1.807, 2.05) is 12.2 Å². The highest BCUT2D eigenvalue weighted by Gasteiger charge is 2.22. The Labute approximate surface area is 294 Å². The molecule has 1 unspecified atom stereocenters. The van der Waals surface area contributed by atoms with Gasteiger partial charge in [-0.3, -0.25) is 9.59 Å². The van der Waals surface area contributed by atoms with Crippen LogP contribution in [0.4, 0.5) is 8.78 Å². The van der Waals surface area contributed by atoms with Crippen LogP contribution >= 0.6 is 0 Å². The van der Waals surface area contributed by atoms with Crippen LogP contribution in [0.1, 0.15) is 87.9 Å². The first-order valence-electron chi connectivity index (χ1n) is 17.1. The molecule has 9 heteroatoms. The molecule has 0 heterocycles. The smallest absolute Gasteiger partial charge is 0.326 e. The van der Waals surface area contributed by atoms with E-state index in [0.29, 0.717) is 25.3 Å². The van der Waals surface area contributed by atoms with Crippen molar-refractivity contribution in [3.8, 4) is 16.9 Å². The van der Waals surface area contributed by atoms with Gasteiger partial charge < -0.3 is 20.3 Å². The fourth-order valence-corrected chi connectivity index (χ4v) is 4.65. The summed E-state index contributed by atoms with van der Waals surface area (Å²) in [5.74, 6) is -4.51. The Kier molecular flexibility index (Phi) is 20.6. The number of carbonyl (C=O) groups is 3. The number of halogens is 2. The molecule has 1 amide bonds. The number of carboxylic acids is 1. The van der Waals surface area contributed by atoms with Crippen LogP contribution in [-0.2, 0) is 14.3 Å². The third kappa shape index (κ3) is 17.4. The summed E-state index contributed by atoms with van der Waals surface area (Å²) >= 11 is 0. The van der Waals surface area contributed by atoms with Gasteiger partial charge >= 0.3 is 11.9 Å². The molecule has 0 aliphatic rings. The molecule has 7 nitrogen and oxygen atoms in total. The van der Waals surface area contributed by atoms with Crippen molar-refractivity contribution in [3.63, 3.8) is 0 Å². The normalized spacial score (nSPS) is 12.7. The van der Waals surface area contributed by atoms with Crippen molar-refractivity contribution in [1.29, 1.82) is 0 Å². The van der Waals surface area contributed by atoms with E-state index in [4.69, 9.17) is 4.74 Å². The van der Waals surface area contributed by atoms with Crippen LogP contribution in [0.3, 0.4) is 0 Å². The van der Waals surface area contributed by atoms with E-state index in [-0.39, 0.29) is 42.1 Å². The zero-order valence-corrected chi connectivity index (χ0v) is 28.7. The molecular weight excluding hydrogens is 640 g/mol. The number of aromatic hydroxyl groups is 1. The Morgan fingerprint density at radius 2 is 1.36 bits per heavy atom. The number of carboxylic acid groups (broad SMARTS) is 1. The van der Waals surface area contributed by atoms with Crippen molar-refractivity contribution in [2.24, 2.45) is 0 Å². The van der Waals surface area contributed by atoms with Gasteiger partial charge in [-0.1, -0.05) is 85.9 Å². The number of esters is 1. The largest absolute Gasteiger partial charge is 0.507 e. The van der Waals surface area contributed by atoms with E-state index >= 15 is 0 Å². The fraction of sp³-hybridized carbons (Fsp3) is 0.341. The molecule has 0 aliphatic carbocycles. The van der Waals surface area contributed by atoms with E-state index in [0.717, 1.165) is 44.6 Å². The van der Waals surface area contributed by atoms with E-state index in [2.05, 4.69) is 73.0 Å². The molecule has 0 saturated carbocycles. The molecule has 2 aromatic rings. The highest BCUT2D eigenvalue weighted by Crippen LogP contribution is 2.28. The lowest BCUT2D eigenvalue weighted by molar-refractivity contribution is -0.144. The molecule has 2 aromatic carbocycles. The van der Waals surface area contributed by atoms with Crippen molar-refractivity contribution in [2.45, 2.75) is 83.6 Å². The fourth-order valence-electron chi connectivity index (χ4n) is 4.65. The number of ether oxygens (including phenoxy) is 1. The Morgan fingerprint density at radius 1 is 0.780 bits per heavy atom. The molecule has 50 heavy (non-hydrogen) atoms. The number of carbonyl (C=O) groups excluding carboxylic acids is 2. The summed E-state index contributed by atoms with van der Waals surface area (Å²) in [6.45, 7) is 2.25. The lowest BCUT2D eigenvalue weighted by Gasteiger charge is -2.16. The molecular formula is C41H49F2NO6.